The number of amides is 1. The molecule has 1 aromatic heterocycles. The lowest BCUT2D eigenvalue weighted by Crippen LogP contribution is -2.42. The Labute approximate surface area is 142 Å². The van der Waals surface area contributed by atoms with E-state index in [4.69, 9.17) is 4.74 Å². The fraction of sp³-hybridized carbons (Fsp3) is 0.368. The third kappa shape index (κ3) is 4.40. The molecule has 1 N–H and O–H groups in total. The Hall–Kier alpha value is -2.24. The first-order valence-corrected chi connectivity index (χ1v) is 8.38. The molecule has 2 heterocycles. The molecule has 5 heteroatoms. The van der Waals surface area contributed by atoms with Gasteiger partial charge in [-0.05, 0) is 17.7 Å². The molecule has 1 aromatic carbocycles. The van der Waals surface area contributed by atoms with Crippen LogP contribution in [0.4, 0.5) is 0 Å². The fourth-order valence-corrected chi connectivity index (χ4v) is 2.91. The van der Waals surface area contributed by atoms with Crippen molar-refractivity contribution < 1.29 is 9.53 Å². The summed E-state index contributed by atoms with van der Waals surface area (Å²) in [7, 11) is 0. The highest BCUT2D eigenvalue weighted by Gasteiger charge is 2.23. The predicted molar refractivity (Wildman–Crippen MR) is 92.8 cm³/mol. The molecule has 0 spiro atoms. The van der Waals surface area contributed by atoms with Crippen molar-refractivity contribution in [1.82, 2.24) is 15.2 Å². The molecule has 0 saturated carbocycles. The Balaban J connectivity index is 1.65. The van der Waals surface area contributed by atoms with E-state index in [1.165, 1.54) is 0 Å². The number of ether oxygens (including phenoxy) is 1. The first kappa shape index (κ1) is 16.6. The summed E-state index contributed by atoms with van der Waals surface area (Å²) >= 11 is 0. The number of carbonyl (C=O) groups excluding carboxylic acids is 1. The van der Waals surface area contributed by atoms with E-state index in [1.807, 2.05) is 48.5 Å². The number of carbonyl (C=O) groups is 1. The number of rotatable bonds is 6. The number of hydrogen-bond acceptors (Lipinski definition) is 4. The minimum Gasteiger partial charge on any atom is -0.379 e. The van der Waals surface area contributed by atoms with Crippen LogP contribution >= 0.6 is 0 Å². The van der Waals surface area contributed by atoms with Crippen molar-refractivity contribution in [1.29, 1.82) is 0 Å². The van der Waals surface area contributed by atoms with Gasteiger partial charge in [-0.25, -0.2) is 0 Å². The molecule has 5 nitrogen and oxygen atoms in total. The van der Waals surface area contributed by atoms with Crippen molar-refractivity contribution in [3.63, 3.8) is 0 Å². The van der Waals surface area contributed by atoms with Crippen LogP contribution in [0.3, 0.4) is 0 Å². The monoisotopic (exact) mass is 325 g/mol. The standard InChI is InChI=1S/C19H23N3O2/c23-19(21-10-11-22-12-14-24-15-13-22)18(16-6-2-1-3-7-16)17-8-4-5-9-20-17/h1-9,18H,10-15H2,(H,21,23). The number of nitrogens with zero attached hydrogens (tertiary/aromatic N) is 2. The maximum absolute atomic E-state index is 12.8. The molecular formula is C19H23N3O2. The summed E-state index contributed by atoms with van der Waals surface area (Å²) in [6, 6.07) is 15.5. The second-order valence-electron chi connectivity index (χ2n) is 5.84. The predicted octanol–water partition coefficient (Wildman–Crippen LogP) is 1.66. The van der Waals surface area contributed by atoms with Crippen LogP contribution in [0.2, 0.25) is 0 Å². The normalized spacial score (nSPS) is 16.5. The van der Waals surface area contributed by atoms with Crippen molar-refractivity contribution in [2.75, 3.05) is 39.4 Å². The average molecular weight is 325 g/mol. The highest BCUT2D eigenvalue weighted by atomic mass is 16.5. The lowest BCUT2D eigenvalue weighted by atomic mass is 9.94. The third-order valence-electron chi connectivity index (χ3n) is 4.21. The minimum absolute atomic E-state index is 0.00633. The summed E-state index contributed by atoms with van der Waals surface area (Å²) in [6.07, 6.45) is 1.73. The summed E-state index contributed by atoms with van der Waals surface area (Å²) in [5, 5.41) is 3.07. The quantitative estimate of drug-likeness (QED) is 0.878. The van der Waals surface area contributed by atoms with E-state index in [9.17, 15) is 4.79 Å². The lowest BCUT2D eigenvalue weighted by Gasteiger charge is -2.26. The number of nitrogens with one attached hydrogen (secondary N) is 1. The molecule has 1 aliphatic rings. The number of pyridine rings is 1. The Bertz CT molecular complexity index is 588. The van der Waals surface area contributed by atoms with Gasteiger partial charge in [-0.1, -0.05) is 36.4 Å². The van der Waals surface area contributed by atoms with Gasteiger partial charge >= 0.3 is 0 Å². The van der Waals surface area contributed by atoms with E-state index in [2.05, 4.69) is 15.2 Å². The maximum Gasteiger partial charge on any atom is 0.233 e. The summed E-state index contributed by atoms with van der Waals surface area (Å²) in [6.45, 7) is 4.88. The summed E-state index contributed by atoms with van der Waals surface area (Å²) < 4.78 is 5.34. The Morgan fingerprint density at radius 1 is 1.12 bits per heavy atom. The van der Waals surface area contributed by atoms with Gasteiger partial charge in [-0.2, -0.15) is 0 Å². The Morgan fingerprint density at radius 3 is 2.58 bits per heavy atom. The van der Waals surface area contributed by atoms with Gasteiger partial charge in [-0.15, -0.1) is 0 Å². The first-order chi connectivity index (χ1) is 11.8. The zero-order valence-corrected chi connectivity index (χ0v) is 13.7. The van der Waals surface area contributed by atoms with E-state index in [0.717, 1.165) is 44.1 Å². The molecular weight excluding hydrogens is 302 g/mol. The molecule has 0 radical (unpaired) electrons. The molecule has 1 saturated heterocycles. The van der Waals surface area contributed by atoms with E-state index in [0.29, 0.717) is 6.54 Å². The van der Waals surface area contributed by atoms with E-state index < -0.39 is 0 Å². The van der Waals surface area contributed by atoms with Crippen LogP contribution in [0.15, 0.2) is 54.7 Å². The highest BCUT2D eigenvalue weighted by Crippen LogP contribution is 2.22. The number of hydrogen-bond donors (Lipinski definition) is 1. The van der Waals surface area contributed by atoms with E-state index in [-0.39, 0.29) is 11.8 Å². The Kier molecular flexibility index (Phi) is 5.93. The van der Waals surface area contributed by atoms with Crippen LogP contribution < -0.4 is 5.32 Å². The van der Waals surface area contributed by atoms with Crippen molar-refractivity contribution in [3.05, 3.63) is 66.0 Å². The molecule has 1 atom stereocenters. The molecule has 0 aliphatic carbocycles. The van der Waals surface area contributed by atoms with Crippen LogP contribution in [0.25, 0.3) is 0 Å². The molecule has 24 heavy (non-hydrogen) atoms. The molecule has 1 fully saturated rings. The number of aromatic nitrogens is 1. The minimum atomic E-state index is -0.378. The van der Waals surface area contributed by atoms with Gasteiger partial charge in [-0.3, -0.25) is 14.7 Å². The average Bonchev–Trinajstić information content (AvgIpc) is 2.65. The van der Waals surface area contributed by atoms with E-state index in [1.54, 1.807) is 6.20 Å². The SMILES string of the molecule is O=C(NCCN1CCOCC1)C(c1ccccc1)c1ccccn1. The maximum atomic E-state index is 12.8. The largest absolute Gasteiger partial charge is 0.379 e. The van der Waals surface area contributed by atoms with Crippen molar-refractivity contribution >= 4 is 5.91 Å². The van der Waals surface area contributed by atoms with E-state index >= 15 is 0 Å². The summed E-state index contributed by atoms with van der Waals surface area (Å²) in [5.74, 6) is -0.384. The highest BCUT2D eigenvalue weighted by molar-refractivity contribution is 5.86. The zero-order valence-electron chi connectivity index (χ0n) is 13.7. The van der Waals surface area contributed by atoms with Crippen LogP contribution in [-0.4, -0.2) is 55.2 Å². The van der Waals surface area contributed by atoms with Crippen molar-refractivity contribution in [2.24, 2.45) is 0 Å². The van der Waals surface area contributed by atoms with Crippen LogP contribution in [0, 0.1) is 0 Å². The van der Waals surface area contributed by atoms with Crippen molar-refractivity contribution in [3.8, 4) is 0 Å². The molecule has 126 valence electrons. The first-order valence-electron chi connectivity index (χ1n) is 8.38. The van der Waals surface area contributed by atoms with Crippen LogP contribution in [-0.2, 0) is 9.53 Å². The second kappa shape index (κ2) is 8.57. The Morgan fingerprint density at radius 2 is 1.88 bits per heavy atom. The smallest absolute Gasteiger partial charge is 0.233 e. The summed E-state index contributed by atoms with van der Waals surface area (Å²) in [4.78, 5) is 19.5. The van der Waals surface area contributed by atoms with Gasteiger partial charge in [0.15, 0.2) is 0 Å². The molecule has 0 bridgehead atoms. The topological polar surface area (TPSA) is 54.5 Å². The molecule has 1 aliphatic heterocycles. The van der Waals surface area contributed by atoms with Crippen LogP contribution in [0.1, 0.15) is 17.2 Å². The molecule has 2 aromatic rings. The molecule has 1 amide bonds. The number of benzene rings is 1. The molecule has 1 unspecified atom stereocenters. The van der Waals surface area contributed by atoms with Gasteiger partial charge in [0, 0.05) is 32.4 Å². The lowest BCUT2D eigenvalue weighted by molar-refractivity contribution is -0.121. The van der Waals surface area contributed by atoms with Gasteiger partial charge in [0.1, 0.15) is 5.92 Å². The van der Waals surface area contributed by atoms with Gasteiger partial charge < -0.3 is 10.1 Å². The van der Waals surface area contributed by atoms with Crippen LogP contribution in [0.5, 0.6) is 0 Å². The van der Waals surface area contributed by atoms with Crippen molar-refractivity contribution in [2.45, 2.75) is 5.92 Å². The number of morpholine rings is 1. The van der Waals surface area contributed by atoms with Gasteiger partial charge in [0.05, 0.1) is 18.9 Å². The third-order valence-corrected chi connectivity index (χ3v) is 4.21. The van der Waals surface area contributed by atoms with Gasteiger partial charge in [0.2, 0.25) is 5.91 Å². The van der Waals surface area contributed by atoms with Gasteiger partial charge in [0.25, 0.3) is 0 Å². The molecule has 3 rings (SSSR count). The second-order valence-corrected chi connectivity index (χ2v) is 5.84. The summed E-state index contributed by atoms with van der Waals surface area (Å²) in [5.41, 5.74) is 1.73. The zero-order chi connectivity index (χ0) is 16.6. The fourth-order valence-electron chi connectivity index (χ4n) is 2.91.